The number of aliphatic carboxylic acids is 1. The Morgan fingerprint density at radius 3 is 2.74 bits per heavy atom. The zero-order chi connectivity index (χ0) is 21.4. The van der Waals surface area contributed by atoms with Gasteiger partial charge in [0.05, 0.1) is 0 Å². The van der Waals surface area contributed by atoms with Crippen molar-refractivity contribution in [3.63, 3.8) is 0 Å². The average Bonchev–Trinajstić information content (AvgIpc) is 3.25. The van der Waals surface area contributed by atoms with Crippen molar-refractivity contribution in [1.82, 2.24) is 9.97 Å². The molecule has 1 unspecified atom stereocenters. The van der Waals surface area contributed by atoms with Gasteiger partial charge in [-0.05, 0) is 0 Å². The van der Waals surface area contributed by atoms with Gasteiger partial charge in [0.15, 0.2) is 0 Å². The second kappa shape index (κ2) is 8.56. The number of rotatable bonds is 5. The molecule has 0 saturated carbocycles. The van der Waals surface area contributed by atoms with Gasteiger partial charge in [0.2, 0.25) is 0 Å². The Morgan fingerprint density at radius 2 is 1.94 bits per heavy atom. The zero-order valence-corrected chi connectivity index (χ0v) is 19.5. The molecule has 1 aromatic heterocycles. The van der Waals surface area contributed by atoms with Crippen LogP contribution in [0.3, 0.4) is 0 Å². The van der Waals surface area contributed by atoms with Crippen LogP contribution in [0.5, 0.6) is 11.5 Å². The van der Waals surface area contributed by atoms with Crippen LogP contribution in [-0.2, 0) is 10.0 Å². The van der Waals surface area contributed by atoms with E-state index in [9.17, 15) is 9.90 Å². The molecule has 3 heterocycles. The van der Waals surface area contributed by atoms with Gasteiger partial charge in [-0.2, -0.15) is 0 Å². The molecule has 1 saturated heterocycles. The Morgan fingerprint density at radius 1 is 1.13 bits per heavy atom. The van der Waals surface area contributed by atoms with Crippen LogP contribution in [0.25, 0.3) is 10.9 Å². The average molecular weight is 502 g/mol. The number of halogens is 1. The molecule has 0 radical (unpaired) electrons. The van der Waals surface area contributed by atoms with Crippen molar-refractivity contribution in [3.8, 4) is 11.5 Å². The zero-order valence-electron chi connectivity index (χ0n) is 16.7. The standard InChI is InChI=1S/C22H21AsClN3O4/c24-15-2-3-17-16(10-15)20(23-11-13-1-4-18-19(9-13)31-12-30-18)26-22(25-17)27-7-5-14(6-8-27)21(28)29/h1-4,9-10,14,23H,5-8,11-12H2,(H,28,29). The molecule has 5 rings (SSSR count). The van der Waals surface area contributed by atoms with Gasteiger partial charge in [-0.1, -0.05) is 0 Å². The third kappa shape index (κ3) is 4.30. The van der Waals surface area contributed by atoms with E-state index in [2.05, 4.69) is 11.0 Å². The van der Waals surface area contributed by atoms with Crippen LogP contribution in [-0.4, -0.2) is 56.7 Å². The van der Waals surface area contributed by atoms with Crippen LogP contribution in [0.1, 0.15) is 18.4 Å². The van der Waals surface area contributed by atoms with Gasteiger partial charge >= 0.3 is 191 Å². The molecular formula is C22H21AsClN3O4. The molecule has 160 valence electrons. The van der Waals surface area contributed by atoms with Gasteiger partial charge in [0.1, 0.15) is 0 Å². The van der Waals surface area contributed by atoms with Crippen LogP contribution in [0.2, 0.25) is 5.02 Å². The summed E-state index contributed by atoms with van der Waals surface area (Å²) >= 11 is 5.65. The SMILES string of the molecule is O=C(O)C1CCN(c2nc([AsH]Cc3ccc4c(c3)OCO4)c3cc(Cl)ccc3n2)CC1. The third-order valence-electron chi connectivity index (χ3n) is 5.67. The minimum atomic E-state index is -0.718. The van der Waals surface area contributed by atoms with Crippen molar-refractivity contribution >= 4 is 54.7 Å². The van der Waals surface area contributed by atoms with Crippen molar-refractivity contribution in [3.05, 3.63) is 47.0 Å². The number of benzene rings is 2. The maximum absolute atomic E-state index is 11.3. The number of aromatic nitrogens is 2. The van der Waals surface area contributed by atoms with Crippen molar-refractivity contribution in [2.75, 3.05) is 24.8 Å². The van der Waals surface area contributed by atoms with Gasteiger partial charge in [-0.3, -0.25) is 0 Å². The van der Waals surface area contributed by atoms with Crippen molar-refractivity contribution in [2.45, 2.75) is 18.1 Å². The van der Waals surface area contributed by atoms with Gasteiger partial charge in [-0.25, -0.2) is 0 Å². The number of ether oxygens (including phenoxy) is 2. The minimum absolute atomic E-state index is 0.270. The predicted octanol–water partition coefficient (Wildman–Crippen LogP) is 2.57. The molecule has 0 aliphatic carbocycles. The first-order valence-corrected chi connectivity index (χ1v) is 13.1. The first kappa shape index (κ1) is 20.4. The molecule has 0 amide bonds. The summed E-state index contributed by atoms with van der Waals surface area (Å²) < 4.78 is 12.0. The van der Waals surface area contributed by atoms with Gasteiger partial charge in [-0.15, -0.1) is 0 Å². The first-order valence-electron chi connectivity index (χ1n) is 10.1. The van der Waals surface area contributed by atoms with Gasteiger partial charge in [0, 0.05) is 0 Å². The molecule has 31 heavy (non-hydrogen) atoms. The monoisotopic (exact) mass is 501 g/mol. The maximum atomic E-state index is 11.3. The molecule has 9 heteroatoms. The molecular weight excluding hydrogens is 481 g/mol. The Balaban J connectivity index is 1.42. The number of anilines is 1. The molecule has 1 N–H and O–H groups in total. The van der Waals surface area contributed by atoms with Crippen LogP contribution >= 0.6 is 11.6 Å². The van der Waals surface area contributed by atoms with E-state index in [1.165, 1.54) is 5.56 Å². The number of hydrogen-bond acceptors (Lipinski definition) is 6. The van der Waals surface area contributed by atoms with Crippen molar-refractivity contribution in [2.24, 2.45) is 5.92 Å². The summed E-state index contributed by atoms with van der Waals surface area (Å²) in [6, 6.07) is 11.8. The number of carboxylic acid groups (broad SMARTS) is 1. The second-order valence-corrected chi connectivity index (χ2v) is 10.6. The Bertz CT molecular complexity index is 1150. The molecule has 3 aromatic rings. The van der Waals surface area contributed by atoms with E-state index in [0.717, 1.165) is 32.1 Å². The fraction of sp³-hybridized carbons (Fsp3) is 0.318. The number of hydrogen-bond donors (Lipinski definition) is 1. The molecule has 2 aromatic carbocycles. The number of carbonyl (C=O) groups is 1. The van der Waals surface area contributed by atoms with E-state index in [-0.39, 0.29) is 12.7 Å². The summed E-state index contributed by atoms with van der Waals surface area (Å²) in [4.78, 5) is 23.1. The van der Waals surface area contributed by atoms with Crippen LogP contribution < -0.4 is 18.9 Å². The van der Waals surface area contributed by atoms with E-state index < -0.39 is 21.7 Å². The van der Waals surface area contributed by atoms with E-state index in [1.807, 2.05) is 30.3 Å². The molecule has 2 aliphatic rings. The molecule has 7 nitrogen and oxygen atoms in total. The fourth-order valence-corrected chi connectivity index (χ4v) is 6.54. The van der Waals surface area contributed by atoms with Crippen molar-refractivity contribution in [1.29, 1.82) is 0 Å². The predicted molar refractivity (Wildman–Crippen MR) is 120 cm³/mol. The van der Waals surface area contributed by atoms with E-state index in [4.69, 9.17) is 31.0 Å². The quantitative estimate of drug-likeness (QED) is 0.538. The summed E-state index contributed by atoms with van der Waals surface area (Å²) in [6.07, 6.45) is 1.22. The van der Waals surface area contributed by atoms with Gasteiger partial charge < -0.3 is 0 Å². The van der Waals surface area contributed by atoms with E-state index in [0.29, 0.717) is 36.9 Å². The number of nitrogens with zero attached hydrogens (tertiary/aromatic N) is 3. The Kier molecular flexibility index (Phi) is 5.63. The van der Waals surface area contributed by atoms with Crippen LogP contribution in [0.4, 0.5) is 5.95 Å². The Labute approximate surface area is 191 Å². The molecule has 0 bridgehead atoms. The topological polar surface area (TPSA) is 84.8 Å². The molecule has 2 aliphatic heterocycles. The summed E-state index contributed by atoms with van der Waals surface area (Å²) in [5.41, 5.74) is 2.07. The summed E-state index contributed by atoms with van der Waals surface area (Å²) in [6.45, 7) is 1.57. The number of piperidine rings is 1. The molecule has 0 spiro atoms. The molecule has 1 fully saturated rings. The molecule has 1 atom stereocenters. The number of fused-ring (bicyclic) bond motifs is 2. The van der Waals surface area contributed by atoms with Gasteiger partial charge in [0.25, 0.3) is 0 Å². The first-order chi connectivity index (χ1) is 15.1. The summed E-state index contributed by atoms with van der Waals surface area (Å²) in [7, 11) is 0. The van der Waals surface area contributed by atoms with E-state index in [1.54, 1.807) is 0 Å². The fourth-order valence-electron chi connectivity index (χ4n) is 3.93. The van der Waals surface area contributed by atoms with E-state index >= 15 is 0 Å². The Hall–Kier alpha value is -2.50. The van der Waals surface area contributed by atoms with Crippen LogP contribution in [0.15, 0.2) is 36.4 Å². The summed E-state index contributed by atoms with van der Waals surface area (Å²) in [5, 5.41) is 11.8. The van der Waals surface area contributed by atoms with Crippen LogP contribution in [0, 0.1) is 5.92 Å². The third-order valence-corrected chi connectivity index (χ3v) is 8.63. The summed E-state index contributed by atoms with van der Waals surface area (Å²) in [5.74, 6) is 1.26. The number of carboxylic acids is 1. The normalized spacial score (nSPS) is 16.5. The van der Waals surface area contributed by atoms with Crippen molar-refractivity contribution < 1.29 is 19.4 Å². The second-order valence-electron chi connectivity index (χ2n) is 7.67.